The molecule has 0 spiro atoms. The molecule has 42 heavy (non-hydrogen) atoms. The van der Waals surface area contributed by atoms with E-state index in [0.717, 1.165) is 11.8 Å². The number of fused-ring (bicyclic) bond motifs is 2. The number of aromatic hydroxyl groups is 1. The number of aliphatic hydroxyl groups is 3. The minimum atomic E-state index is -4.14. The highest BCUT2D eigenvalue weighted by Gasteiger charge is 2.45. The molecule has 2 aliphatic heterocycles. The summed E-state index contributed by atoms with van der Waals surface area (Å²) in [6.07, 6.45) is -4.17. The lowest BCUT2D eigenvalue weighted by Gasteiger charge is -2.19. The molecule has 2 aliphatic rings. The van der Waals surface area contributed by atoms with Crippen molar-refractivity contribution < 1.29 is 53.4 Å². The van der Waals surface area contributed by atoms with Gasteiger partial charge < -0.3 is 49.8 Å². The van der Waals surface area contributed by atoms with Crippen LogP contribution < -0.4 is 10.5 Å². The second-order valence-electron chi connectivity index (χ2n) is 9.63. The van der Waals surface area contributed by atoms with E-state index in [4.69, 9.17) is 24.5 Å². The Morgan fingerprint density at radius 3 is 2.74 bits per heavy atom. The smallest absolute Gasteiger partial charge is 0.342 e. The first-order valence-corrected chi connectivity index (χ1v) is 15.5. The molecule has 0 bridgehead atoms. The fourth-order valence-electron chi connectivity index (χ4n) is 5.01. The van der Waals surface area contributed by atoms with E-state index in [0.29, 0.717) is 16.9 Å². The Morgan fingerprint density at radius 2 is 2.05 bits per heavy atom. The molecule has 1 aromatic carbocycles. The van der Waals surface area contributed by atoms with Gasteiger partial charge in [0.1, 0.15) is 48.3 Å². The molecule has 2 aromatic heterocycles. The predicted molar refractivity (Wildman–Crippen MR) is 146 cm³/mol. The number of nitrogens with zero attached hydrogens (tertiary/aromatic N) is 4. The maximum atomic E-state index is 12.8. The van der Waals surface area contributed by atoms with Crippen molar-refractivity contribution in [2.45, 2.75) is 49.6 Å². The minimum absolute atomic E-state index is 0.0195. The number of hydrogen-bond donors (Lipinski definition) is 6. The van der Waals surface area contributed by atoms with Crippen LogP contribution in [0.4, 0.5) is 5.82 Å². The number of phenols is 1. The summed E-state index contributed by atoms with van der Waals surface area (Å²) in [6.45, 7) is 0.948. The summed E-state index contributed by atoms with van der Waals surface area (Å²) in [6, 6.07) is 0. The van der Waals surface area contributed by atoms with Crippen molar-refractivity contribution >= 4 is 42.3 Å². The van der Waals surface area contributed by atoms with E-state index < -0.39 is 44.7 Å². The van der Waals surface area contributed by atoms with Gasteiger partial charge in [-0.05, 0) is 12.5 Å². The van der Waals surface area contributed by atoms with Gasteiger partial charge in [-0.2, -0.15) is 0 Å². The molecule has 228 valence electrons. The van der Waals surface area contributed by atoms with Crippen LogP contribution in [0.15, 0.2) is 11.5 Å². The standard InChI is InChI=1S/C24H30N5O11PS/c1-10-12-8-38-23(34)14(12)16(31)11(19(10)37-2)3-4-39-41(35,36)5-6-42-24-28-15-20(25)26-9-27-21(15)29(24)22-18(33)17(32)13(7-30)40-22/h9,13,17-18,22,30-33H,3-8H2,1-2H3,(H,35,36)(H2,25,26,27)/t13-,17-,18-,22-/m0/s1. The van der Waals surface area contributed by atoms with E-state index in [1.165, 1.54) is 18.0 Å². The molecule has 5 atom stereocenters. The van der Waals surface area contributed by atoms with Crippen LogP contribution in [0.1, 0.15) is 33.3 Å². The molecule has 3 aromatic rings. The van der Waals surface area contributed by atoms with Crippen LogP contribution in [0.25, 0.3) is 11.2 Å². The number of aromatic nitrogens is 4. The number of ether oxygens (including phenoxy) is 3. The molecule has 7 N–H and O–H groups in total. The number of nitrogens with two attached hydrogens (primary N) is 1. The fourth-order valence-corrected chi connectivity index (χ4v) is 7.47. The Hall–Kier alpha value is -3.02. The first-order valence-electron chi connectivity index (χ1n) is 12.8. The van der Waals surface area contributed by atoms with Crippen molar-refractivity contribution in [2.24, 2.45) is 0 Å². The number of aliphatic hydroxyl groups excluding tert-OH is 3. The van der Waals surface area contributed by atoms with Crippen LogP contribution in [0.3, 0.4) is 0 Å². The minimum Gasteiger partial charge on any atom is -0.507 e. The lowest BCUT2D eigenvalue weighted by Crippen LogP contribution is -2.33. The van der Waals surface area contributed by atoms with Crippen molar-refractivity contribution in [1.82, 2.24) is 19.5 Å². The lowest BCUT2D eigenvalue weighted by molar-refractivity contribution is -0.0548. The van der Waals surface area contributed by atoms with Gasteiger partial charge in [-0.25, -0.2) is 19.7 Å². The highest BCUT2D eigenvalue weighted by Crippen LogP contribution is 2.46. The number of carbonyl (C=O) groups is 1. The third-order valence-electron chi connectivity index (χ3n) is 7.14. The molecule has 0 amide bonds. The predicted octanol–water partition coefficient (Wildman–Crippen LogP) is 0.250. The number of benzene rings is 1. The van der Waals surface area contributed by atoms with Gasteiger partial charge in [0.25, 0.3) is 0 Å². The zero-order valence-corrected chi connectivity index (χ0v) is 24.2. The molecule has 0 radical (unpaired) electrons. The first-order chi connectivity index (χ1) is 20.0. The summed E-state index contributed by atoms with van der Waals surface area (Å²) < 4.78 is 35.6. The molecule has 5 rings (SSSR count). The quantitative estimate of drug-likeness (QED) is 0.0948. The molecule has 1 unspecified atom stereocenters. The summed E-state index contributed by atoms with van der Waals surface area (Å²) in [7, 11) is -2.73. The topological polar surface area (TPSA) is 242 Å². The monoisotopic (exact) mass is 627 g/mol. The third kappa shape index (κ3) is 5.42. The van der Waals surface area contributed by atoms with Crippen LogP contribution in [0.5, 0.6) is 11.5 Å². The SMILES string of the molecule is COc1c(C)c2c(c(O)c1CCOP(=O)(O)CCSc1nc3c(N)ncnc3n1[C@H]1O[C@@H](CO)[C@H](O)[C@@H]1O)C(=O)OC2. The second kappa shape index (κ2) is 11.9. The Bertz CT molecular complexity index is 1570. The highest BCUT2D eigenvalue weighted by molar-refractivity contribution is 7.99. The third-order valence-corrected chi connectivity index (χ3v) is 9.77. The van der Waals surface area contributed by atoms with Crippen molar-refractivity contribution in [2.75, 3.05) is 38.0 Å². The van der Waals surface area contributed by atoms with Crippen molar-refractivity contribution in [3.63, 3.8) is 0 Å². The summed E-state index contributed by atoms with van der Waals surface area (Å²) in [5, 5.41) is 41.3. The van der Waals surface area contributed by atoms with Gasteiger partial charge in [-0.3, -0.25) is 9.13 Å². The Labute approximate surface area is 242 Å². The van der Waals surface area contributed by atoms with Gasteiger partial charge >= 0.3 is 13.6 Å². The van der Waals surface area contributed by atoms with Gasteiger partial charge in [0.05, 0.1) is 26.5 Å². The Kier molecular flexibility index (Phi) is 8.65. The molecule has 1 saturated heterocycles. The average molecular weight is 628 g/mol. The number of imidazole rings is 1. The number of phenolic OH excluding ortho intramolecular Hbond substituents is 1. The van der Waals surface area contributed by atoms with Crippen molar-refractivity contribution in [1.29, 1.82) is 0 Å². The molecule has 18 heteroatoms. The molecular formula is C24H30N5O11PS. The van der Waals surface area contributed by atoms with Gasteiger partial charge in [-0.15, -0.1) is 0 Å². The summed E-state index contributed by atoms with van der Waals surface area (Å²) in [5.41, 5.74) is 7.80. The normalized spacial score (nSPS) is 23.2. The largest absolute Gasteiger partial charge is 0.507 e. The van der Waals surface area contributed by atoms with Gasteiger partial charge in [0.2, 0.25) is 0 Å². The second-order valence-corrected chi connectivity index (χ2v) is 12.7. The maximum absolute atomic E-state index is 12.8. The zero-order chi connectivity index (χ0) is 30.3. The number of carbonyl (C=O) groups excluding carboxylic acids is 1. The van der Waals surface area contributed by atoms with E-state index >= 15 is 0 Å². The molecule has 4 heterocycles. The molecule has 0 aliphatic carbocycles. The fraction of sp³-hybridized carbons (Fsp3) is 0.500. The van der Waals surface area contributed by atoms with Crippen LogP contribution in [-0.4, -0.2) is 101 Å². The molecule has 1 fully saturated rings. The number of thioether (sulfide) groups is 1. The number of anilines is 1. The Morgan fingerprint density at radius 1 is 1.29 bits per heavy atom. The van der Waals surface area contributed by atoms with Crippen LogP contribution >= 0.6 is 19.4 Å². The first kappa shape index (κ1) is 30.4. The van der Waals surface area contributed by atoms with Gasteiger partial charge in [0.15, 0.2) is 28.4 Å². The van der Waals surface area contributed by atoms with Crippen molar-refractivity contribution in [3.05, 3.63) is 28.6 Å². The maximum Gasteiger partial charge on any atom is 0.342 e. The van der Waals surface area contributed by atoms with E-state index in [2.05, 4.69) is 15.0 Å². The number of rotatable bonds is 11. The number of nitrogen functional groups attached to an aromatic ring is 1. The Balaban J connectivity index is 1.28. The van der Waals surface area contributed by atoms with E-state index in [1.807, 2.05) is 0 Å². The van der Waals surface area contributed by atoms with Crippen LogP contribution in [-0.2, 0) is 31.6 Å². The number of esters is 1. The highest BCUT2D eigenvalue weighted by atomic mass is 32.2. The lowest BCUT2D eigenvalue weighted by atomic mass is 9.95. The zero-order valence-electron chi connectivity index (χ0n) is 22.5. The molecule has 0 saturated carbocycles. The van der Waals surface area contributed by atoms with Crippen LogP contribution in [0, 0.1) is 6.92 Å². The molecular weight excluding hydrogens is 597 g/mol. The molecule has 16 nitrogen and oxygen atoms in total. The summed E-state index contributed by atoms with van der Waals surface area (Å²) in [5.74, 6) is -0.554. The van der Waals surface area contributed by atoms with E-state index in [1.54, 1.807) is 6.92 Å². The number of methoxy groups -OCH3 is 1. The number of cyclic esters (lactones) is 1. The average Bonchev–Trinajstić information content (AvgIpc) is 3.61. The van der Waals surface area contributed by atoms with Crippen LogP contribution in [0.2, 0.25) is 0 Å². The summed E-state index contributed by atoms with van der Waals surface area (Å²) in [4.78, 5) is 35.1. The van der Waals surface area contributed by atoms with Gasteiger partial charge in [-0.1, -0.05) is 11.8 Å². The van der Waals surface area contributed by atoms with Crippen molar-refractivity contribution in [3.8, 4) is 11.5 Å². The number of hydrogen-bond acceptors (Lipinski definition) is 15. The summed E-state index contributed by atoms with van der Waals surface area (Å²) >= 11 is 1.03. The van der Waals surface area contributed by atoms with E-state index in [9.17, 15) is 34.7 Å². The van der Waals surface area contributed by atoms with Gasteiger partial charge in [0, 0.05) is 23.3 Å². The van der Waals surface area contributed by atoms with E-state index in [-0.39, 0.29) is 70.6 Å².